The molecular weight excluding hydrogens is 111 g/mol. The molecule has 0 rings (SSSR count). The predicted octanol–water partition coefficient (Wildman–Crippen LogP) is 0.907. The van der Waals surface area contributed by atoms with Crippen molar-refractivity contribution in [1.29, 1.82) is 0 Å². The van der Waals surface area contributed by atoms with Crippen LogP contribution in [-0.4, -0.2) is 18.7 Å². The smallest absolute Gasteiger partial charge is 0.340 e. The molecule has 0 aliphatic heterocycles. The molecule has 0 saturated carbocycles. The third kappa shape index (κ3) is 2.55. The Balaban J connectivity index is 3.33. The van der Waals surface area contributed by atoms with E-state index in [2.05, 4.69) is 4.74 Å². The molecule has 0 amide bonds. The zero-order valence-electron chi connectivity index (χ0n) is 4.98. The van der Waals surface area contributed by atoms with E-state index in [0.717, 1.165) is 6.92 Å². The Morgan fingerprint density at radius 1 is 1.88 bits per heavy atom. The van der Waals surface area contributed by atoms with Crippen LogP contribution in [0.2, 0.25) is 0 Å². The molecular formula is C5H9FO2. The van der Waals surface area contributed by atoms with Gasteiger partial charge in [-0.15, -0.1) is 0 Å². The number of hydrogen-bond acceptors (Lipinski definition) is 2. The molecule has 0 saturated heterocycles. The molecule has 0 unspecified atom stereocenters. The van der Waals surface area contributed by atoms with Gasteiger partial charge in [-0.3, -0.25) is 0 Å². The Bertz CT molecular complexity index is 80.5. The van der Waals surface area contributed by atoms with Crippen LogP contribution in [0.1, 0.15) is 13.8 Å². The van der Waals surface area contributed by atoms with Crippen molar-refractivity contribution >= 4 is 5.97 Å². The summed E-state index contributed by atoms with van der Waals surface area (Å²) < 4.78 is 16.1. The van der Waals surface area contributed by atoms with Crippen molar-refractivity contribution in [3.05, 3.63) is 0 Å². The van der Waals surface area contributed by atoms with Crippen LogP contribution in [0.25, 0.3) is 0 Å². The van der Waals surface area contributed by atoms with E-state index in [1.54, 1.807) is 6.92 Å². The van der Waals surface area contributed by atoms with Crippen LogP contribution in [0.5, 0.6) is 0 Å². The molecule has 8 heavy (non-hydrogen) atoms. The molecule has 2 nitrogen and oxygen atoms in total. The minimum Gasteiger partial charge on any atom is -0.464 e. The monoisotopic (exact) mass is 120 g/mol. The highest BCUT2D eigenvalue weighted by Crippen LogP contribution is 1.90. The van der Waals surface area contributed by atoms with Crippen LogP contribution in [0.15, 0.2) is 0 Å². The highest BCUT2D eigenvalue weighted by atomic mass is 19.1. The van der Waals surface area contributed by atoms with Gasteiger partial charge in [-0.1, -0.05) is 0 Å². The quantitative estimate of drug-likeness (QED) is 0.506. The lowest BCUT2D eigenvalue weighted by Crippen LogP contribution is -2.14. The fourth-order valence-electron chi connectivity index (χ4n) is 0.257. The third-order valence-electron chi connectivity index (χ3n) is 0.611. The van der Waals surface area contributed by atoms with Crippen molar-refractivity contribution in [2.75, 3.05) is 6.61 Å². The Kier molecular flexibility index (Phi) is 3.15. The van der Waals surface area contributed by atoms with Gasteiger partial charge in [0.05, 0.1) is 6.61 Å². The van der Waals surface area contributed by atoms with Crippen LogP contribution in [0.4, 0.5) is 4.39 Å². The van der Waals surface area contributed by atoms with Gasteiger partial charge >= 0.3 is 5.97 Å². The lowest BCUT2D eigenvalue weighted by atomic mass is 10.5. The van der Waals surface area contributed by atoms with Gasteiger partial charge in [-0.2, -0.15) is 0 Å². The van der Waals surface area contributed by atoms with Crippen LogP contribution in [0, 0.1) is 0 Å². The highest BCUT2D eigenvalue weighted by Gasteiger charge is 2.09. The second-order valence-corrected chi connectivity index (χ2v) is 1.37. The Labute approximate surface area is 47.6 Å². The zero-order valence-corrected chi connectivity index (χ0v) is 4.98. The Morgan fingerprint density at radius 3 is 2.50 bits per heavy atom. The van der Waals surface area contributed by atoms with Crippen molar-refractivity contribution in [3.8, 4) is 0 Å². The van der Waals surface area contributed by atoms with Crippen LogP contribution in [0.3, 0.4) is 0 Å². The van der Waals surface area contributed by atoms with Crippen LogP contribution >= 0.6 is 0 Å². The third-order valence-corrected chi connectivity index (χ3v) is 0.611. The molecule has 0 radical (unpaired) electrons. The van der Waals surface area contributed by atoms with E-state index in [9.17, 15) is 9.18 Å². The molecule has 1 atom stereocenters. The molecule has 0 heterocycles. The van der Waals surface area contributed by atoms with E-state index in [1.165, 1.54) is 0 Å². The topological polar surface area (TPSA) is 26.3 Å². The van der Waals surface area contributed by atoms with Gasteiger partial charge in [0, 0.05) is 0 Å². The summed E-state index contributed by atoms with van der Waals surface area (Å²) in [5.74, 6) is -0.785. The lowest BCUT2D eigenvalue weighted by Gasteiger charge is -1.99. The summed E-state index contributed by atoms with van der Waals surface area (Å²) in [5.41, 5.74) is 0. The standard InChI is InChI=1S/C5H9FO2/c1-3-8-5(7)4(2)6/h4H,3H2,1-2H3/t4-/m0/s1. The lowest BCUT2D eigenvalue weighted by molar-refractivity contribution is -0.148. The summed E-state index contributed by atoms with van der Waals surface area (Å²) in [7, 11) is 0. The maximum atomic E-state index is 11.8. The molecule has 0 aliphatic rings. The second kappa shape index (κ2) is 3.41. The number of ether oxygens (including phenoxy) is 1. The van der Waals surface area contributed by atoms with E-state index < -0.39 is 12.1 Å². The first-order valence-electron chi connectivity index (χ1n) is 2.49. The number of alkyl halides is 1. The summed E-state index contributed by atoms with van der Waals surface area (Å²) in [5, 5.41) is 0. The maximum Gasteiger partial charge on any atom is 0.340 e. The fourth-order valence-corrected chi connectivity index (χ4v) is 0.257. The summed E-state index contributed by atoms with van der Waals surface area (Å²) in [6.45, 7) is 3.03. The number of hydrogen-bond donors (Lipinski definition) is 0. The van der Waals surface area contributed by atoms with E-state index in [-0.39, 0.29) is 6.61 Å². The molecule has 0 aromatic rings. The van der Waals surface area contributed by atoms with Gasteiger partial charge in [-0.05, 0) is 13.8 Å². The minimum atomic E-state index is -1.49. The van der Waals surface area contributed by atoms with E-state index >= 15 is 0 Å². The van der Waals surface area contributed by atoms with Crippen molar-refractivity contribution in [2.24, 2.45) is 0 Å². The second-order valence-electron chi connectivity index (χ2n) is 1.37. The van der Waals surface area contributed by atoms with Crippen LogP contribution in [-0.2, 0) is 9.53 Å². The number of carbonyl (C=O) groups excluding carboxylic acids is 1. The number of carbonyl (C=O) groups is 1. The average Bonchev–Trinajstić information content (AvgIpc) is 1.67. The van der Waals surface area contributed by atoms with Gasteiger partial charge in [0.2, 0.25) is 0 Å². The summed E-state index contributed by atoms with van der Waals surface area (Å²) in [6, 6.07) is 0. The van der Waals surface area contributed by atoms with Crippen LogP contribution < -0.4 is 0 Å². The fraction of sp³-hybridized carbons (Fsp3) is 0.800. The minimum absolute atomic E-state index is 0.243. The Morgan fingerprint density at radius 2 is 2.38 bits per heavy atom. The molecule has 0 fully saturated rings. The van der Waals surface area contributed by atoms with Gasteiger partial charge in [-0.25, -0.2) is 9.18 Å². The van der Waals surface area contributed by atoms with E-state index in [0.29, 0.717) is 0 Å². The molecule has 0 N–H and O–H groups in total. The number of rotatable bonds is 2. The molecule has 0 aromatic heterocycles. The number of esters is 1. The molecule has 0 aromatic carbocycles. The molecule has 48 valence electrons. The molecule has 0 bridgehead atoms. The SMILES string of the molecule is CCOC(=O)[C@H](C)F. The molecule has 0 spiro atoms. The first-order chi connectivity index (χ1) is 3.68. The van der Waals surface area contributed by atoms with E-state index in [4.69, 9.17) is 0 Å². The van der Waals surface area contributed by atoms with Gasteiger partial charge in [0.15, 0.2) is 6.17 Å². The largest absolute Gasteiger partial charge is 0.464 e. The van der Waals surface area contributed by atoms with E-state index in [1.807, 2.05) is 0 Å². The normalized spacial score (nSPS) is 12.9. The van der Waals surface area contributed by atoms with Gasteiger partial charge in [0.1, 0.15) is 0 Å². The van der Waals surface area contributed by atoms with Crippen molar-refractivity contribution < 1.29 is 13.9 Å². The van der Waals surface area contributed by atoms with Gasteiger partial charge in [0.25, 0.3) is 0 Å². The predicted molar refractivity (Wildman–Crippen MR) is 27.2 cm³/mol. The van der Waals surface area contributed by atoms with Crippen molar-refractivity contribution in [3.63, 3.8) is 0 Å². The highest BCUT2D eigenvalue weighted by molar-refractivity contribution is 5.73. The maximum absolute atomic E-state index is 11.8. The molecule has 3 heteroatoms. The first-order valence-corrected chi connectivity index (χ1v) is 2.49. The van der Waals surface area contributed by atoms with Crippen molar-refractivity contribution in [1.82, 2.24) is 0 Å². The van der Waals surface area contributed by atoms with Gasteiger partial charge < -0.3 is 4.74 Å². The summed E-state index contributed by atoms with van der Waals surface area (Å²) in [4.78, 5) is 10.1. The zero-order chi connectivity index (χ0) is 6.57. The first kappa shape index (κ1) is 7.40. The molecule has 0 aliphatic carbocycles. The van der Waals surface area contributed by atoms with Crippen molar-refractivity contribution in [2.45, 2.75) is 20.0 Å². The Hall–Kier alpha value is -0.600. The number of halogens is 1. The summed E-state index contributed by atoms with van der Waals surface area (Å²) in [6.07, 6.45) is -1.49. The average molecular weight is 120 g/mol. The summed E-state index contributed by atoms with van der Waals surface area (Å²) >= 11 is 0.